The molecule has 1 saturated heterocycles. The fourth-order valence-electron chi connectivity index (χ4n) is 7.20. The van der Waals surface area contributed by atoms with Crippen molar-refractivity contribution in [2.45, 2.75) is 64.6 Å². The lowest BCUT2D eigenvalue weighted by atomic mass is 9.81. The molecular formula is C39H41N7O3. The van der Waals surface area contributed by atoms with E-state index >= 15 is 0 Å². The number of hydrogen-bond acceptors (Lipinski definition) is 8. The third kappa shape index (κ3) is 7.09. The number of piperidine rings is 1. The molecule has 2 aliphatic rings. The van der Waals surface area contributed by atoms with E-state index in [4.69, 9.17) is 14.7 Å². The van der Waals surface area contributed by atoms with Crippen molar-refractivity contribution in [2.24, 2.45) is 11.8 Å². The van der Waals surface area contributed by atoms with Gasteiger partial charge in [-0.1, -0.05) is 61.4 Å². The van der Waals surface area contributed by atoms with Crippen LogP contribution in [0.3, 0.4) is 0 Å². The van der Waals surface area contributed by atoms with Crippen molar-refractivity contribution in [3.8, 4) is 22.5 Å². The monoisotopic (exact) mass is 655 g/mol. The molecule has 3 atom stereocenters. The summed E-state index contributed by atoms with van der Waals surface area (Å²) in [6.07, 6.45) is 8.56. The molecule has 10 heteroatoms. The summed E-state index contributed by atoms with van der Waals surface area (Å²) in [6, 6.07) is 23.3. The van der Waals surface area contributed by atoms with Crippen LogP contribution in [0.25, 0.3) is 33.4 Å². The molecule has 7 rings (SSSR count). The molecule has 0 spiro atoms. The number of benzene rings is 2. The number of pyridine rings is 2. The minimum absolute atomic E-state index is 0.0905. The van der Waals surface area contributed by atoms with Gasteiger partial charge < -0.3 is 15.4 Å². The van der Waals surface area contributed by atoms with Crippen LogP contribution in [0.4, 0.5) is 16.3 Å². The summed E-state index contributed by atoms with van der Waals surface area (Å²) in [7, 11) is 0. The number of fused-ring (bicyclic) bond motifs is 2. The van der Waals surface area contributed by atoms with Crippen molar-refractivity contribution in [3.05, 3.63) is 97.1 Å². The molecule has 1 unspecified atom stereocenters. The molecule has 10 nitrogen and oxygen atoms in total. The standard InChI is InChI=1S/C39H41N7O3/c1-39(2,3)49-38(48)46-20-18-26-13-9-16-31(26)34(46)37(47)43-29-21-27(22-40-23-29)35-44-32-17-10-15-30(25-11-5-4-6-12-25)33(32)36(45-35)42-24-28-14-7-8-19-41-28/h4-8,10-12,14-15,17,19,21-23,26,31,34H,9,13,16,18,20,24H2,1-3H3,(H,43,47)(H,42,44,45)/t26-,31?,34-/m0/s1. The fraction of sp³-hybridized carbons (Fsp3) is 0.333. The lowest BCUT2D eigenvalue weighted by molar-refractivity contribution is -0.125. The maximum absolute atomic E-state index is 14.0. The first-order valence-corrected chi connectivity index (χ1v) is 17.0. The summed E-state index contributed by atoms with van der Waals surface area (Å²) in [5.41, 5.74) is 4.23. The fourth-order valence-corrected chi connectivity index (χ4v) is 7.20. The highest BCUT2D eigenvalue weighted by atomic mass is 16.6. The number of carbonyl (C=O) groups is 2. The topological polar surface area (TPSA) is 122 Å². The Morgan fingerprint density at radius 2 is 1.76 bits per heavy atom. The Kier molecular flexibility index (Phi) is 8.95. The second kappa shape index (κ2) is 13.6. The Bertz CT molecular complexity index is 1960. The van der Waals surface area contributed by atoms with Gasteiger partial charge in [0.15, 0.2) is 5.82 Å². The summed E-state index contributed by atoms with van der Waals surface area (Å²) >= 11 is 0. The van der Waals surface area contributed by atoms with E-state index in [0.717, 1.165) is 53.4 Å². The largest absolute Gasteiger partial charge is 0.444 e. The van der Waals surface area contributed by atoms with Crippen molar-refractivity contribution in [2.75, 3.05) is 17.2 Å². The Morgan fingerprint density at radius 1 is 0.918 bits per heavy atom. The average molecular weight is 656 g/mol. The van der Waals surface area contributed by atoms with Crippen LogP contribution in [0.2, 0.25) is 0 Å². The van der Waals surface area contributed by atoms with Crippen LogP contribution < -0.4 is 10.6 Å². The van der Waals surface area contributed by atoms with Gasteiger partial charge in [0.2, 0.25) is 5.91 Å². The number of carbonyl (C=O) groups excluding carboxylic acids is 2. The number of likely N-dealkylation sites (tertiary alicyclic amines) is 1. The molecule has 4 heterocycles. The Labute approximate surface area is 286 Å². The molecule has 1 saturated carbocycles. The zero-order chi connectivity index (χ0) is 34.0. The quantitative estimate of drug-likeness (QED) is 0.183. The minimum Gasteiger partial charge on any atom is -0.444 e. The second-order valence-corrected chi connectivity index (χ2v) is 13.8. The van der Waals surface area contributed by atoms with E-state index in [1.54, 1.807) is 23.5 Å². The van der Waals surface area contributed by atoms with Crippen molar-refractivity contribution in [1.29, 1.82) is 0 Å². The lowest BCUT2D eigenvalue weighted by Gasteiger charge is -2.42. The van der Waals surface area contributed by atoms with Crippen LogP contribution in [-0.4, -0.2) is 55.0 Å². The first-order chi connectivity index (χ1) is 23.7. The van der Waals surface area contributed by atoms with Gasteiger partial charge >= 0.3 is 6.09 Å². The SMILES string of the molecule is CC(C)(C)OC(=O)N1CC[C@@H]2CCCC2[C@H]1C(=O)Nc1cncc(-c2nc(NCc3ccccn3)c3c(-c4ccccc4)cccc3n2)c1. The van der Waals surface area contributed by atoms with Crippen molar-refractivity contribution in [1.82, 2.24) is 24.8 Å². The van der Waals surface area contributed by atoms with Gasteiger partial charge in [-0.25, -0.2) is 14.8 Å². The smallest absolute Gasteiger partial charge is 0.410 e. The predicted octanol–water partition coefficient (Wildman–Crippen LogP) is 7.73. The summed E-state index contributed by atoms with van der Waals surface area (Å²) < 4.78 is 5.73. The second-order valence-electron chi connectivity index (χ2n) is 13.8. The average Bonchev–Trinajstić information content (AvgIpc) is 3.59. The highest BCUT2D eigenvalue weighted by Crippen LogP contribution is 2.42. The number of nitrogens with one attached hydrogen (secondary N) is 2. The number of amides is 2. The van der Waals surface area contributed by atoms with Gasteiger partial charge in [-0.15, -0.1) is 0 Å². The highest BCUT2D eigenvalue weighted by Gasteiger charge is 2.47. The predicted molar refractivity (Wildman–Crippen MR) is 191 cm³/mol. The van der Waals surface area contributed by atoms with Crippen LogP contribution in [0.1, 0.15) is 52.1 Å². The molecule has 0 bridgehead atoms. The minimum atomic E-state index is -0.657. The zero-order valence-electron chi connectivity index (χ0n) is 28.1. The molecule has 1 aliphatic carbocycles. The number of ether oxygens (including phenoxy) is 1. The molecule has 250 valence electrons. The molecule has 2 N–H and O–H groups in total. The van der Waals surface area contributed by atoms with E-state index in [1.165, 1.54) is 0 Å². The summed E-state index contributed by atoms with van der Waals surface area (Å²) in [6.45, 7) is 6.50. The first kappa shape index (κ1) is 32.2. The number of anilines is 2. The third-order valence-corrected chi connectivity index (χ3v) is 9.33. The van der Waals surface area contributed by atoms with E-state index in [9.17, 15) is 9.59 Å². The first-order valence-electron chi connectivity index (χ1n) is 17.0. The van der Waals surface area contributed by atoms with Crippen LogP contribution in [0.5, 0.6) is 0 Å². The summed E-state index contributed by atoms with van der Waals surface area (Å²) in [4.78, 5) is 47.9. The lowest BCUT2D eigenvalue weighted by Crippen LogP contribution is -2.56. The zero-order valence-corrected chi connectivity index (χ0v) is 28.1. The highest BCUT2D eigenvalue weighted by molar-refractivity contribution is 6.02. The van der Waals surface area contributed by atoms with Crippen LogP contribution in [-0.2, 0) is 16.1 Å². The van der Waals surface area contributed by atoms with Gasteiger partial charge in [0, 0.05) is 24.5 Å². The molecule has 49 heavy (non-hydrogen) atoms. The molecular weight excluding hydrogens is 614 g/mol. The molecule has 3 aromatic heterocycles. The maximum Gasteiger partial charge on any atom is 0.410 e. The molecule has 2 amide bonds. The Hall–Kier alpha value is -5.38. The number of rotatable bonds is 7. The van der Waals surface area contributed by atoms with Gasteiger partial charge in [-0.05, 0) is 80.8 Å². The molecule has 2 fully saturated rings. The number of hydrogen-bond donors (Lipinski definition) is 2. The third-order valence-electron chi connectivity index (χ3n) is 9.33. The van der Waals surface area contributed by atoms with E-state index in [1.807, 2.05) is 75.4 Å². The van der Waals surface area contributed by atoms with E-state index < -0.39 is 17.7 Å². The molecule has 2 aromatic carbocycles. The molecule has 5 aromatic rings. The van der Waals surface area contributed by atoms with E-state index in [-0.39, 0.29) is 11.8 Å². The van der Waals surface area contributed by atoms with Gasteiger partial charge in [0.1, 0.15) is 17.5 Å². The van der Waals surface area contributed by atoms with Gasteiger partial charge in [0.25, 0.3) is 0 Å². The van der Waals surface area contributed by atoms with Crippen LogP contribution >= 0.6 is 0 Å². The molecule has 1 aliphatic heterocycles. The van der Waals surface area contributed by atoms with E-state index in [2.05, 4.69) is 38.8 Å². The summed E-state index contributed by atoms with van der Waals surface area (Å²) in [5, 5.41) is 7.49. The van der Waals surface area contributed by atoms with Crippen molar-refractivity contribution in [3.63, 3.8) is 0 Å². The van der Waals surface area contributed by atoms with Crippen molar-refractivity contribution >= 4 is 34.4 Å². The van der Waals surface area contributed by atoms with Crippen molar-refractivity contribution < 1.29 is 14.3 Å². The van der Waals surface area contributed by atoms with Crippen LogP contribution in [0, 0.1) is 11.8 Å². The summed E-state index contributed by atoms with van der Waals surface area (Å²) in [5.74, 6) is 1.41. The molecule has 0 radical (unpaired) electrons. The maximum atomic E-state index is 14.0. The number of nitrogens with zero attached hydrogens (tertiary/aromatic N) is 5. The number of aromatic nitrogens is 4. The normalized spacial score (nSPS) is 18.9. The van der Waals surface area contributed by atoms with Gasteiger partial charge in [-0.2, -0.15) is 0 Å². The van der Waals surface area contributed by atoms with Crippen LogP contribution in [0.15, 0.2) is 91.4 Å². The van der Waals surface area contributed by atoms with E-state index in [0.29, 0.717) is 41.9 Å². The van der Waals surface area contributed by atoms with Gasteiger partial charge in [0.05, 0.1) is 35.0 Å². The Balaban J connectivity index is 1.21. The Morgan fingerprint density at radius 3 is 2.55 bits per heavy atom. The van der Waals surface area contributed by atoms with Gasteiger partial charge in [-0.3, -0.25) is 19.7 Å².